The Morgan fingerprint density at radius 3 is 2.45 bits per heavy atom. The predicted octanol–water partition coefficient (Wildman–Crippen LogP) is 0.987. The lowest BCUT2D eigenvalue weighted by molar-refractivity contribution is 0.355. The highest BCUT2D eigenvalue weighted by molar-refractivity contribution is 7.86. The van der Waals surface area contributed by atoms with Gasteiger partial charge in [0.2, 0.25) is 0 Å². The molecule has 1 aromatic rings. The van der Waals surface area contributed by atoms with Crippen LogP contribution in [0.3, 0.4) is 0 Å². The lowest BCUT2D eigenvalue weighted by Gasteiger charge is -2.27. The van der Waals surface area contributed by atoms with Gasteiger partial charge < -0.3 is 5.73 Å². The summed E-state index contributed by atoms with van der Waals surface area (Å²) in [6, 6.07) is 6.92. The SMILES string of the molecule is CC(C)N(C)S(=O)(=O)N(C)Cc1cccc(C(=N)N)c1. The summed E-state index contributed by atoms with van der Waals surface area (Å²) in [5.41, 5.74) is 6.81. The van der Waals surface area contributed by atoms with Gasteiger partial charge in [-0.05, 0) is 25.5 Å². The van der Waals surface area contributed by atoms with Crippen LogP contribution in [0.1, 0.15) is 25.0 Å². The second kappa shape index (κ2) is 6.34. The van der Waals surface area contributed by atoms with Crippen molar-refractivity contribution in [3.63, 3.8) is 0 Å². The third-order valence-corrected chi connectivity index (χ3v) is 5.19. The Morgan fingerprint density at radius 1 is 1.35 bits per heavy atom. The molecule has 1 rings (SSSR count). The van der Waals surface area contributed by atoms with Gasteiger partial charge in [-0.15, -0.1) is 0 Å². The molecule has 0 aliphatic heterocycles. The molecule has 0 amide bonds. The van der Waals surface area contributed by atoms with E-state index in [1.807, 2.05) is 19.9 Å². The van der Waals surface area contributed by atoms with E-state index in [-0.39, 0.29) is 18.4 Å². The van der Waals surface area contributed by atoms with Crippen molar-refractivity contribution in [1.82, 2.24) is 8.61 Å². The normalized spacial score (nSPS) is 12.3. The number of rotatable bonds is 6. The molecular formula is C13H22N4O2S. The highest BCUT2D eigenvalue weighted by atomic mass is 32.2. The van der Waals surface area contributed by atoms with Crippen LogP contribution in [-0.2, 0) is 16.8 Å². The van der Waals surface area contributed by atoms with E-state index in [1.54, 1.807) is 25.2 Å². The molecule has 0 radical (unpaired) electrons. The minimum absolute atomic E-state index is 0.0309. The summed E-state index contributed by atoms with van der Waals surface area (Å²) in [6.07, 6.45) is 0. The Kier molecular flexibility index (Phi) is 5.27. The highest BCUT2D eigenvalue weighted by Gasteiger charge is 2.25. The summed E-state index contributed by atoms with van der Waals surface area (Å²) in [7, 11) is -0.393. The average Bonchev–Trinajstić information content (AvgIpc) is 2.37. The van der Waals surface area contributed by atoms with Gasteiger partial charge >= 0.3 is 0 Å². The van der Waals surface area contributed by atoms with Gasteiger partial charge in [-0.3, -0.25) is 5.41 Å². The fraction of sp³-hybridized carbons (Fsp3) is 0.462. The molecule has 112 valence electrons. The molecule has 20 heavy (non-hydrogen) atoms. The number of amidine groups is 1. The van der Waals surface area contributed by atoms with Gasteiger partial charge in [-0.25, -0.2) is 0 Å². The number of hydrogen-bond acceptors (Lipinski definition) is 3. The molecule has 0 unspecified atom stereocenters. The van der Waals surface area contributed by atoms with Gasteiger partial charge in [0, 0.05) is 32.2 Å². The van der Waals surface area contributed by atoms with E-state index < -0.39 is 10.2 Å². The van der Waals surface area contributed by atoms with E-state index in [2.05, 4.69) is 0 Å². The van der Waals surface area contributed by atoms with Gasteiger partial charge in [-0.1, -0.05) is 18.2 Å². The summed E-state index contributed by atoms with van der Waals surface area (Å²) >= 11 is 0. The standard InChI is InChI=1S/C13H22N4O2S/c1-10(2)17(4)20(18,19)16(3)9-11-6-5-7-12(8-11)13(14)15/h5-8,10H,9H2,1-4H3,(H3,14,15). The van der Waals surface area contributed by atoms with Crippen molar-refractivity contribution in [3.05, 3.63) is 35.4 Å². The van der Waals surface area contributed by atoms with Gasteiger partial charge in [0.15, 0.2) is 0 Å². The van der Waals surface area contributed by atoms with Crippen LogP contribution < -0.4 is 5.73 Å². The number of nitrogens with zero attached hydrogens (tertiary/aromatic N) is 2. The number of nitrogens with two attached hydrogens (primary N) is 1. The Labute approximate surface area is 120 Å². The summed E-state index contributed by atoms with van der Waals surface area (Å²) in [5, 5.41) is 7.40. The van der Waals surface area contributed by atoms with E-state index in [0.717, 1.165) is 5.56 Å². The first-order valence-electron chi connectivity index (χ1n) is 6.29. The molecule has 6 nitrogen and oxygen atoms in total. The quantitative estimate of drug-likeness (QED) is 0.606. The average molecular weight is 298 g/mol. The zero-order valence-electron chi connectivity index (χ0n) is 12.3. The van der Waals surface area contributed by atoms with Crippen molar-refractivity contribution >= 4 is 16.0 Å². The fourth-order valence-corrected chi connectivity index (χ4v) is 2.95. The maximum absolute atomic E-state index is 12.3. The smallest absolute Gasteiger partial charge is 0.282 e. The van der Waals surface area contributed by atoms with E-state index in [0.29, 0.717) is 5.56 Å². The van der Waals surface area contributed by atoms with Gasteiger partial charge in [-0.2, -0.15) is 17.0 Å². The molecule has 0 spiro atoms. The molecule has 0 aliphatic rings. The Hall–Kier alpha value is -1.44. The molecule has 0 aromatic heterocycles. The Morgan fingerprint density at radius 2 is 1.95 bits per heavy atom. The first-order valence-corrected chi connectivity index (χ1v) is 7.68. The minimum Gasteiger partial charge on any atom is -0.384 e. The summed E-state index contributed by atoms with van der Waals surface area (Å²) in [6.45, 7) is 3.88. The molecule has 0 saturated heterocycles. The van der Waals surface area contributed by atoms with Gasteiger partial charge in [0.25, 0.3) is 10.2 Å². The van der Waals surface area contributed by atoms with Crippen molar-refractivity contribution in [2.24, 2.45) is 5.73 Å². The molecule has 0 bridgehead atoms. The molecule has 0 fully saturated rings. The maximum atomic E-state index is 12.3. The molecule has 0 atom stereocenters. The van der Waals surface area contributed by atoms with Crippen LogP contribution in [0.4, 0.5) is 0 Å². The van der Waals surface area contributed by atoms with E-state index in [9.17, 15) is 8.42 Å². The molecule has 0 heterocycles. The third kappa shape index (κ3) is 3.78. The molecule has 0 saturated carbocycles. The van der Waals surface area contributed by atoms with E-state index >= 15 is 0 Å². The largest absolute Gasteiger partial charge is 0.384 e. The lowest BCUT2D eigenvalue weighted by Crippen LogP contribution is -2.42. The number of nitrogens with one attached hydrogen (secondary N) is 1. The van der Waals surface area contributed by atoms with Gasteiger partial charge in [0.05, 0.1) is 0 Å². The molecular weight excluding hydrogens is 276 g/mol. The fourth-order valence-electron chi connectivity index (χ4n) is 1.66. The Balaban J connectivity index is 2.93. The number of benzene rings is 1. The first kappa shape index (κ1) is 16.6. The minimum atomic E-state index is -3.49. The van der Waals surface area contributed by atoms with Crippen LogP contribution in [0.25, 0.3) is 0 Å². The monoisotopic (exact) mass is 298 g/mol. The maximum Gasteiger partial charge on any atom is 0.282 e. The molecule has 1 aromatic carbocycles. The zero-order valence-corrected chi connectivity index (χ0v) is 13.1. The van der Waals surface area contributed by atoms with Crippen molar-refractivity contribution in [3.8, 4) is 0 Å². The van der Waals surface area contributed by atoms with Crippen molar-refractivity contribution in [2.45, 2.75) is 26.4 Å². The molecule has 7 heteroatoms. The van der Waals surface area contributed by atoms with E-state index in [4.69, 9.17) is 11.1 Å². The van der Waals surface area contributed by atoms with Crippen molar-refractivity contribution < 1.29 is 8.42 Å². The van der Waals surface area contributed by atoms with Gasteiger partial charge in [0.1, 0.15) is 5.84 Å². The summed E-state index contributed by atoms with van der Waals surface area (Å²) in [5.74, 6) is -0.0309. The van der Waals surface area contributed by atoms with Crippen LogP contribution >= 0.6 is 0 Å². The third-order valence-electron chi connectivity index (χ3n) is 3.13. The number of hydrogen-bond donors (Lipinski definition) is 2. The van der Waals surface area contributed by atoms with Crippen molar-refractivity contribution in [2.75, 3.05) is 14.1 Å². The van der Waals surface area contributed by atoms with Crippen LogP contribution in [-0.4, -0.2) is 43.0 Å². The second-order valence-electron chi connectivity index (χ2n) is 4.99. The molecule has 0 aliphatic carbocycles. The van der Waals surface area contributed by atoms with Crippen LogP contribution in [0.2, 0.25) is 0 Å². The van der Waals surface area contributed by atoms with Crippen LogP contribution in [0.15, 0.2) is 24.3 Å². The van der Waals surface area contributed by atoms with Crippen LogP contribution in [0, 0.1) is 5.41 Å². The molecule has 3 N–H and O–H groups in total. The predicted molar refractivity (Wildman–Crippen MR) is 80.7 cm³/mol. The topological polar surface area (TPSA) is 90.5 Å². The highest BCUT2D eigenvalue weighted by Crippen LogP contribution is 2.13. The zero-order chi connectivity index (χ0) is 15.5. The summed E-state index contributed by atoms with van der Waals surface area (Å²) < 4.78 is 27.2. The second-order valence-corrected chi connectivity index (χ2v) is 7.08. The van der Waals surface area contributed by atoms with Crippen LogP contribution in [0.5, 0.6) is 0 Å². The van der Waals surface area contributed by atoms with Crippen molar-refractivity contribution in [1.29, 1.82) is 5.41 Å². The lowest BCUT2D eigenvalue weighted by atomic mass is 10.1. The summed E-state index contributed by atoms with van der Waals surface area (Å²) in [4.78, 5) is 0. The first-order chi connectivity index (χ1) is 9.16. The number of nitrogen functional groups attached to an aromatic ring is 1. The van der Waals surface area contributed by atoms with E-state index in [1.165, 1.54) is 15.7 Å². The Bertz CT molecular complexity index is 584.